The summed E-state index contributed by atoms with van der Waals surface area (Å²) in [7, 11) is 0. The Bertz CT molecular complexity index is 1510. The van der Waals surface area contributed by atoms with Crippen LogP contribution in [0.5, 0.6) is 0 Å². The molecule has 0 saturated heterocycles. The molecule has 3 amide bonds. The number of para-hydroxylation sites is 1. The highest BCUT2D eigenvalue weighted by Gasteiger charge is 2.24. The molecule has 1 atom stereocenters. The number of rotatable bonds is 10. The van der Waals surface area contributed by atoms with Crippen LogP contribution in [0.15, 0.2) is 89.7 Å². The molecule has 3 aromatic carbocycles. The van der Waals surface area contributed by atoms with Gasteiger partial charge in [-0.25, -0.2) is 9.59 Å². The van der Waals surface area contributed by atoms with Crippen molar-refractivity contribution in [2.45, 2.75) is 19.0 Å². The average molecular weight is 547 g/mol. The number of pyridine rings is 1. The number of H-pyrrole nitrogens is 1. The molecule has 0 aliphatic carbocycles. The van der Waals surface area contributed by atoms with Crippen LogP contribution in [0.2, 0.25) is 5.02 Å². The number of hydrogen-bond acceptors (Lipinski definition) is 5. The number of aromatic nitrogens is 1. The molecule has 1 aromatic heterocycles. The van der Waals surface area contributed by atoms with E-state index in [1.165, 1.54) is 6.07 Å². The highest BCUT2D eigenvalue weighted by Crippen LogP contribution is 2.17. The van der Waals surface area contributed by atoms with Crippen molar-refractivity contribution >= 4 is 40.4 Å². The van der Waals surface area contributed by atoms with Crippen LogP contribution in [-0.2, 0) is 22.5 Å². The normalized spacial score (nSPS) is 11.4. The van der Waals surface area contributed by atoms with E-state index in [0.29, 0.717) is 28.2 Å². The number of aromatic amines is 1. The van der Waals surface area contributed by atoms with Gasteiger partial charge in [-0.15, -0.1) is 0 Å². The Morgan fingerprint density at radius 2 is 1.62 bits per heavy atom. The molecule has 4 rings (SSSR count). The van der Waals surface area contributed by atoms with E-state index in [0.717, 1.165) is 10.9 Å². The van der Waals surface area contributed by atoms with Gasteiger partial charge in [-0.05, 0) is 41.5 Å². The summed E-state index contributed by atoms with van der Waals surface area (Å²) in [6.45, 7) is 0.314. The number of carbonyl (C=O) groups is 3. The van der Waals surface area contributed by atoms with E-state index in [-0.39, 0.29) is 25.1 Å². The zero-order valence-corrected chi connectivity index (χ0v) is 21.7. The third-order valence-electron chi connectivity index (χ3n) is 5.88. The summed E-state index contributed by atoms with van der Waals surface area (Å²) in [5.74, 6) is -1.20. The monoisotopic (exact) mass is 546 g/mol. The SMILES string of the molecule is O=C(NCCOC(=O)C(Cc1cc(=O)[nH]c2ccccc12)NC(=O)c1ccc(Cl)cc1)NCc1ccccc1. The van der Waals surface area contributed by atoms with Crippen LogP contribution in [0.3, 0.4) is 0 Å². The van der Waals surface area contributed by atoms with Gasteiger partial charge in [-0.2, -0.15) is 0 Å². The van der Waals surface area contributed by atoms with Gasteiger partial charge in [0, 0.05) is 40.5 Å². The highest BCUT2D eigenvalue weighted by atomic mass is 35.5. The first kappa shape index (κ1) is 27.4. The van der Waals surface area contributed by atoms with Crippen LogP contribution >= 0.6 is 11.6 Å². The first-order chi connectivity index (χ1) is 18.9. The molecule has 4 N–H and O–H groups in total. The lowest BCUT2D eigenvalue weighted by Crippen LogP contribution is -2.44. The van der Waals surface area contributed by atoms with Crippen LogP contribution in [0, 0.1) is 0 Å². The van der Waals surface area contributed by atoms with E-state index in [9.17, 15) is 19.2 Å². The maximum atomic E-state index is 13.1. The summed E-state index contributed by atoms with van der Waals surface area (Å²) < 4.78 is 5.38. The maximum Gasteiger partial charge on any atom is 0.329 e. The van der Waals surface area contributed by atoms with Crippen molar-refractivity contribution in [3.8, 4) is 0 Å². The van der Waals surface area contributed by atoms with E-state index >= 15 is 0 Å². The molecule has 4 aromatic rings. The molecule has 9 nitrogen and oxygen atoms in total. The Balaban J connectivity index is 1.40. The fraction of sp³-hybridized carbons (Fsp3) is 0.172. The van der Waals surface area contributed by atoms with Crippen molar-refractivity contribution in [1.29, 1.82) is 0 Å². The van der Waals surface area contributed by atoms with Crippen LogP contribution < -0.4 is 21.5 Å². The fourth-order valence-corrected chi connectivity index (χ4v) is 4.09. The van der Waals surface area contributed by atoms with Crippen molar-refractivity contribution in [1.82, 2.24) is 20.9 Å². The molecule has 10 heteroatoms. The van der Waals surface area contributed by atoms with Gasteiger partial charge in [0.05, 0.1) is 6.54 Å². The molecular weight excluding hydrogens is 520 g/mol. The molecule has 1 unspecified atom stereocenters. The van der Waals surface area contributed by atoms with Gasteiger partial charge in [0.15, 0.2) is 0 Å². The van der Waals surface area contributed by atoms with Gasteiger partial charge >= 0.3 is 12.0 Å². The Kier molecular flexibility index (Phi) is 9.31. The van der Waals surface area contributed by atoms with Gasteiger partial charge in [0.2, 0.25) is 5.56 Å². The number of amides is 3. The Morgan fingerprint density at radius 3 is 2.38 bits per heavy atom. The average Bonchev–Trinajstić information content (AvgIpc) is 2.94. The Labute approximate surface area is 229 Å². The molecule has 0 fully saturated rings. The summed E-state index contributed by atoms with van der Waals surface area (Å²) in [6.07, 6.45) is 0.0214. The second-order valence-electron chi connectivity index (χ2n) is 8.70. The molecule has 39 heavy (non-hydrogen) atoms. The summed E-state index contributed by atoms with van der Waals surface area (Å²) >= 11 is 5.92. The summed E-state index contributed by atoms with van der Waals surface area (Å²) in [5.41, 5.74) is 2.12. The fourth-order valence-electron chi connectivity index (χ4n) is 3.96. The van der Waals surface area contributed by atoms with E-state index in [4.69, 9.17) is 16.3 Å². The quantitative estimate of drug-likeness (QED) is 0.178. The van der Waals surface area contributed by atoms with Crippen LogP contribution in [0.25, 0.3) is 10.9 Å². The molecular formula is C29H27ClN4O5. The number of ether oxygens (including phenoxy) is 1. The molecule has 0 aliphatic rings. The minimum atomic E-state index is -1.09. The van der Waals surface area contributed by atoms with Gasteiger partial charge in [-0.3, -0.25) is 9.59 Å². The zero-order valence-electron chi connectivity index (χ0n) is 20.9. The zero-order chi connectivity index (χ0) is 27.6. The molecule has 0 spiro atoms. The number of fused-ring (bicyclic) bond motifs is 1. The predicted molar refractivity (Wildman–Crippen MR) is 149 cm³/mol. The Morgan fingerprint density at radius 1 is 0.897 bits per heavy atom. The van der Waals surface area contributed by atoms with Gasteiger partial charge in [-0.1, -0.05) is 60.1 Å². The largest absolute Gasteiger partial charge is 0.462 e. The van der Waals surface area contributed by atoms with Gasteiger partial charge in [0.1, 0.15) is 12.6 Å². The summed E-state index contributed by atoms with van der Waals surface area (Å²) in [5, 5.41) is 9.27. The summed E-state index contributed by atoms with van der Waals surface area (Å²) in [4.78, 5) is 53.0. The van der Waals surface area contributed by atoms with Crippen molar-refractivity contribution in [2.24, 2.45) is 0 Å². The molecule has 0 bridgehead atoms. The lowest BCUT2D eigenvalue weighted by atomic mass is 10.0. The molecule has 0 aliphatic heterocycles. The molecule has 200 valence electrons. The van der Waals surface area contributed by atoms with Crippen molar-refractivity contribution in [2.75, 3.05) is 13.2 Å². The number of esters is 1. The number of urea groups is 1. The predicted octanol–water partition coefficient (Wildman–Crippen LogP) is 3.57. The lowest BCUT2D eigenvalue weighted by molar-refractivity contribution is -0.145. The van der Waals surface area contributed by atoms with Crippen LogP contribution in [-0.4, -0.2) is 42.1 Å². The molecule has 0 radical (unpaired) electrons. The van der Waals surface area contributed by atoms with Crippen molar-refractivity contribution < 1.29 is 19.1 Å². The number of benzene rings is 3. The molecule has 0 saturated carbocycles. The number of halogens is 1. The number of nitrogens with one attached hydrogen (secondary N) is 4. The summed E-state index contributed by atoms with van der Waals surface area (Å²) in [6, 6.07) is 22.8. The first-order valence-corrected chi connectivity index (χ1v) is 12.7. The van der Waals surface area contributed by atoms with Crippen LogP contribution in [0.4, 0.5) is 4.79 Å². The topological polar surface area (TPSA) is 129 Å². The highest BCUT2D eigenvalue weighted by molar-refractivity contribution is 6.30. The van der Waals surface area contributed by atoms with E-state index in [2.05, 4.69) is 20.9 Å². The Hall–Kier alpha value is -4.63. The minimum absolute atomic E-state index is 0.0214. The van der Waals surface area contributed by atoms with Gasteiger partial charge < -0.3 is 25.7 Å². The maximum absolute atomic E-state index is 13.1. The van der Waals surface area contributed by atoms with E-state index in [1.807, 2.05) is 42.5 Å². The second kappa shape index (κ2) is 13.3. The second-order valence-corrected chi connectivity index (χ2v) is 9.14. The van der Waals surface area contributed by atoms with E-state index in [1.54, 1.807) is 36.4 Å². The van der Waals surface area contributed by atoms with E-state index < -0.39 is 23.9 Å². The lowest BCUT2D eigenvalue weighted by Gasteiger charge is -2.19. The smallest absolute Gasteiger partial charge is 0.329 e. The molecule has 1 heterocycles. The minimum Gasteiger partial charge on any atom is -0.462 e. The van der Waals surface area contributed by atoms with Crippen molar-refractivity contribution in [3.63, 3.8) is 0 Å². The third kappa shape index (κ3) is 7.93. The first-order valence-electron chi connectivity index (χ1n) is 12.3. The van der Waals surface area contributed by atoms with Gasteiger partial charge in [0.25, 0.3) is 5.91 Å². The van der Waals surface area contributed by atoms with Crippen molar-refractivity contribution in [3.05, 3.63) is 117 Å². The number of carbonyl (C=O) groups excluding carboxylic acids is 3. The number of hydrogen-bond donors (Lipinski definition) is 4. The standard InChI is InChI=1S/C29H27ClN4O5/c30-22-12-10-20(11-13-22)27(36)34-25(16-21-17-26(35)33-24-9-5-4-8-23(21)24)28(37)39-15-14-31-29(38)32-18-19-6-2-1-3-7-19/h1-13,17,25H,14-16,18H2,(H,33,35)(H,34,36)(H2,31,32,38). The van der Waals surface area contributed by atoms with Crippen LogP contribution in [0.1, 0.15) is 21.5 Å². The third-order valence-corrected chi connectivity index (χ3v) is 6.14.